The molecular formula is C21H26N6O. The molecular weight excluding hydrogens is 352 g/mol. The Morgan fingerprint density at radius 3 is 2.64 bits per heavy atom. The van der Waals surface area contributed by atoms with Crippen molar-refractivity contribution in [2.24, 2.45) is 17.8 Å². The SMILES string of the molecule is Cc1cnc(N2CCC([C@H]3C[C@H]3CCOc3nc(C)cc(C#N)n3)CC2)nc1. The van der Waals surface area contributed by atoms with Crippen molar-refractivity contribution in [2.75, 3.05) is 24.6 Å². The van der Waals surface area contributed by atoms with Crippen LogP contribution in [-0.2, 0) is 0 Å². The molecule has 146 valence electrons. The highest BCUT2D eigenvalue weighted by Crippen LogP contribution is 2.49. The zero-order valence-electron chi connectivity index (χ0n) is 16.5. The van der Waals surface area contributed by atoms with Crippen LogP contribution in [0.5, 0.6) is 6.01 Å². The summed E-state index contributed by atoms with van der Waals surface area (Å²) in [5, 5.41) is 8.99. The van der Waals surface area contributed by atoms with E-state index in [-0.39, 0.29) is 0 Å². The molecule has 3 heterocycles. The molecule has 2 aromatic heterocycles. The number of anilines is 1. The van der Waals surface area contributed by atoms with E-state index < -0.39 is 0 Å². The van der Waals surface area contributed by atoms with Crippen LogP contribution in [-0.4, -0.2) is 39.6 Å². The van der Waals surface area contributed by atoms with Crippen LogP contribution in [0.2, 0.25) is 0 Å². The summed E-state index contributed by atoms with van der Waals surface area (Å²) in [4.78, 5) is 19.6. The van der Waals surface area contributed by atoms with Gasteiger partial charge >= 0.3 is 6.01 Å². The molecule has 2 aliphatic rings. The Morgan fingerprint density at radius 2 is 1.93 bits per heavy atom. The van der Waals surface area contributed by atoms with Crippen molar-refractivity contribution in [3.8, 4) is 12.1 Å². The fourth-order valence-corrected chi connectivity index (χ4v) is 4.22. The number of hydrogen-bond donors (Lipinski definition) is 0. The maximum atomic E-state index is 8.99. The van der Waals surface area contributed by atoms with Gasteiger partial charge in [0, 0.05) is 31.2 Å². The third-order valence-corrected chi connectivity index (χ3v) is 5.84. The Balaban J connectivity index is 1.20. The van der Waals surface area contributed by atoms with Crippen molar-refractivity contribution in [3.05, 3.63) is 35.4 Å². The van der Waals surface area contributed by atoms with Crippen molar-refractivity contribution >= 4 is 5.95 Å². The molecule has 2 fully saturated rings. The molecule has 2 aromatic rings. The Morgan fingerprint density at radius 1 is 1.18 bits per heavy atom. The highest BCUT2D eigenvalue weighted by molar-refractivity contribution is 5.30. The summed E-state index contributed by atoms with van der Waals surface area (Å²) in [5.74, 6) is 3.22. The quantitative estimate of drug-likeness (QED) is 0.763. The fraction of sp³-hybridized carbons (Fsp3) is 0.571. The van der Waals surface area contributed by atoms with Crippen LogP contribution >= 0.6 is 0 Å². The highest BCUT2D eigenvalue weighted by atomic mass is 16.5. The van der Waals surface area contributed by atoms with Gasteiger partial charge in [-0.15, -0.1) is 0 Å². The minimum Gasteiger partial charge on any atom is -0.463 e. The van der Waals surface area contributed by atoms with Gasteiger partial charge in [0.05, 0.1) is 6.61 Å². The number of nitrogens with zero attached hydrogens (tertiary/aromatic N) is 6. The molecule has 0 unspecified atom stereocenters. The van der Waals surface area contributed by atoms with E-state index in [4.69, 9.17) is 10.00 Å². The van der Waals surface area contributed by atoms with Gasteiger partial charge in [0.25, 0.3) is 0 Å². The molecule has 0 bridgehead atoms. The van der Waals surface area contributed by atoms with Gasteiger partial charge in [-0.2, -0.15) is 10.2 Å². The number of nitriles is 1. The molecule has 1 aliphatic heterocycles. The van der Waals surface area contributed by atoms with Crippen molar-refractivity contribution in [2.45, 2.75) is 39.5 Å². The number of aromatic nitrogens is 4. The van der Waals surface area contributed by atoms with Gasteiger partial charge in [-0.3, -0.25) is 0 Å². The third-order valence-electron chi connectivity index (χ3n) is 5.84. The van der Waals surface area contributed by atoms with E-state index in [1.54, 1.807) is 6.07 Å². The zero-order chi connectivity index (χ0) is 19.5. The van der Waals surface area contributed by atoms with Crippen LogP contribution < -0.4 is 9.64 Å². The fourth-order valence-electron chi connectivity index (χ4n) is 4.22. The Hall–Kier alpha value is -2.75. The predicted molar refractivity (Wildman–Crippen MR) is 105 cm³/mol. The van der Waals surface area contributed by atoms with Gasteiger partial charge in [-0.05, 0) is 68.9 Å². The molecule has 0 amide bonds. The van der Waals surface area contributed by atoms with Crippen LogP contribution in [0.15, 0.2) is 18.5 Å². The summed E-state index contributed by atoms with van der Waals surface area (Å²) in [6.07, 6.45) is 8.54. The van der Waals surface area contributed by atoms with E-state index in [0.29, 0.717) is 18.3 Å². The first-order chi connectivity index (χ1) is 13.6. The lowest BCUT2D eigenvalue weighted by atomic mass is 9.90. The van der Waals surface area contributed by atoms with E-state index in [1.165, 1.54) is 19.3 Å². The lowest BCUT2D eigenvalue weighted by Crippen LogP contribution is -2.35. The average molecular weight is 378 g/mol. The molecule has 0 aromatic carbocycles. The first-order valence-electron chi connectivity index (χ1n) is 10.0. The summed E-state index contributed by atoms with van der Waals surface area (Å²) in [7, 11) is 0. The third kappa shape index (κ3) is 4.38. The summed E-state index contributed by atoms with van der Waals surface area (Å²) in [6.45, 7) is 6.56. The Bertz CT molecular complexity index is 854. The first kappa shape index (κ1) is 18.6. The van der Waals surface area contributed by atoms with E-state index in [9.17, 15) is 0 Å². The largest absolute Gasteiger partial charge is 0.463 e. The zero-order valence-corrected chi connectivity index (χ0v) is 16.5. The van der Waals surface area contributed by atoms with Gasteiger partial charge in [0.1, 0.15) is 11.8 Å². The van der Waals surface area contributed by atoms with Crippen molar-refractivity contribution in [3.63, 3.8) is 0 Å². The van der Waals surface area contributed by atoms with Crippen LogP contribution in [0.3, 0.4) is 0 Å². The Labute approximate surface area is 165 Å². The maximum absolute atomic E-state index is 8.99. The van der Waals surface area contributed by atoms with Crippen LogP contribution in [0, 0.1) is 42.9 Å². The van der Waals surface area contributed by atoms with E-state index >= 15 is 0 Å². The Kier molecular flexibility index (Phi) is 5.38. The smallest absolute Gasteiger partial charge is 0.317 e. The maximum Gasteiger partial charge on any atom is 0.317 e. The lowest BCUT2D eigenvalue weighted by molar-refractivity contribution is 0.266. The summed E-state index contributed by atoms with van der Waals surface area (Å²) < 4.78 is 5.70. The van der Waals surface area contributed by atoms with E-state index in [1.807, 2.05) is 32.3 Å². The first-order valence-corrected chi connectivity index (χ1v) is 10.0. The molecule has 1 aliphatic carbocycles. The van der Waals surface area contributed by atoms with Crippen molar-refractivity contribution < 1.29 is 4.74 Å². The van der Waals surface area contributed by atoms with Crippen molar-refractivity contribution in [1.82, 2.24) is 19.9 Å². The van der Waals surface area contributed by atoms with Crippen LogP contribution in [0.4, 0.5) is 5.95 Å². The molecule has 0 N–H and O–H groups in total. The topological polar surface area (TPSA) is 87.8 Å². The molecule has 1 saturated heterocycles. The molecule has 7 nitrogen and oxygen atoms in total. The normalized spacial score (nSPS) is 22.0. The van der Waals surface area contributed by atoms with Crippen LogP contribution in [0.1, 0.15) is 42.6 Å². The number of aryl methyl sites for hydroxylation is 2. The summed E-state index contributed by atoms with van der Waals surface area (Å²) in [6, 6.07) is 4.03. The molecule has 28 heavy (non-hydrogen) atoms. The predicted octanol–water partition coefficient (Wildman–Crippen LogP) is 3.08. The van der Waals surface area contributed by atoms with Gasteiger partial charge in [0.2, 0.25) is 5.95 Å². The van der Waals surface area contributed by atoms with Gasteiger partial charge in [0.15, 0.2) is 0 Å². The van der Waals surface area contributed by atoms with Gasteiger partial charge < -0.3 is 9.64 Å². The second-order valence-electron chi connectivity index (χ2n) is 7.97. The molecule has 4 rings (SSSR count). The number of piperidine rings is 1. The van der Waals surface area contributed by atoms with Gasteiger partial charge in [-0.1, -0.05) is 0 Å². The average Bonchev–Trinajstić information content (AvgIpc) is 3.48. The van der Waals surface area contributed by atoms with E-state index in [2.05, 4.69) is 24.8 Å². The summed E-state index contributed by atoms with van der Waals surface area (Å²) >= 11 is 0. The molecule has 7 heteroatoms. The minimum absolute atomic E-state index is 0.320. The lowest BCUT2D eigenvalue weighted by Gasteiger charge is -2.32. The molecule has 0 radical (unpaired) electrons. The van der Waals surface area contributed by atoms with E-state index in [0.717, 1.165) is 54.5 Å². The number of hydrogen-bond acceptors (Lipinski definition) is 7. The number of ether oxygens (including phenoxy) is 1. The monoisotopic (exact) mass is 378 g/mol. The second kappa shape index (κ2) is 8.09. The van der Waals surface area contributed by atoms with Crippen molar-refractivity contribution in [1.29, 1.82) is 5.26 Å². The highest BCUT2D eigenvalue weighted by Gasteiger charge is 2.43. The van der Waals surface area contributed by atoms with Crippen LogP contribution in [0.25, 0.3) is 0 Å². The minimum atomic E-state index is 0.320. The molecule has 1 saturated carbocycles. The molecule has 0 spiro atoms. The number of rotatable bonds is 6. The standard InChI is InChI=1S/C21H26N6O/c1-14-12-23-20(24-13-14)27-6-3-16(4-7-27)19-10-17(19)5-8-28-21-25-15(2)9-18(11-22)26-21/h9,12-13,16-17,19H,3-8,10H2,1-2H3/t17-,19-/m1/s1. The molecule has 2 atom stereocenters. The summed E-state index contributed by atoms with van der Waals surface area (Å²) in [5.41, 5.74) is 2.22. The van der Waals surface area contributed by atoms with Gasteiger partial charge in [-0.25, -0.2) is 15.0 Å². The second-order valence-corrected chi connectivity index (χ2v) is 7.97.